The van der Waals surface area contributed by atoms with E-state index >= 15 is 0 Å². The minimum atomic E-state index is -0.947. The molecule has 0 aliphatic rings. The lowest BCUT2D eigenvalue weighted by atomic mass is 10.1. The molecule has 3 nitrogen and oxygen atoms in total. The van der Waals surface area contributed by atoms with E-state index < -0.39 is 5.97 Å². The smallest absolute Gasteiger partial charge is 0.336 e. The highest BCUT2D eigenvalue weighted by Crippen LogP contribution is 2.30. The molecule has 0 spiro atoms. The fraction of sp³-hybridized carbons (Fsp3) is 0. The molecule has 0 unspecified atom stereocenters. The lowest BCUT2D eigenvalue weighted by molar-refractivity contribution is 0.0696. The van der Waals surface area contributed by atoms with E-state index in [2.05, 4.69) is 20.9 Å². The Kier molecular flexibility index (Phi) is 3.01. The van der Waals surface area contributed by atoms with Gasteiger partial charge in [-0.15, -0.1) is 0 Å². The Bertz CT molecular complexity index is 526. The van der Waals surface area contributed by atoms with Gasteiger partial charge < -0.3 is 5.11 Å². The van der Waals surface area contributed by atoms with Crippen molar-refractivity contribution in [2.75, 3.05) is 0 Å². The van der Waals surface area contributed by atoms with Crippen molar-refractivity contribution in [3.63, 3.8) is 0 Å². The van der Waals surface area contributed by atoms with Gasteiger partial charge in [-0.3, -0.25) is 4.98 Å². The molecule has 16 heavy (non-hydrogen) atoms. The maximum Gasteiger partial charge on any atom is 0.336 e. The molecule has 0 saturated heterocycles. The first-order chi connectivity index (χ1) is 7.70. The largest absolute Gasteiger partial charge is 0.478 e. The van der Waals surface area contributed by atoms with Gasteiger partial charge in [-0.25, -0.2) is 4.79 Å². The van der Waals surface area contributed by atoms with Crippen molar-refractivity contribution >= 4 is 21.9 Å². The predicted molar refractivity (Wildman–Crippen MR) is 64.3 cm³/mol. The second-order valence-corrected chi connectivity index (χ2v) is 4.01. The summed E-state index contributed by atoms with van der Waals surface area (Å²) in [5.41, 5.74) is 1.96. The second kappa shape index (κ2) is 4.45. The third-order valence-corrected chi connectivity index (χ3v) is 3.06. The zero-order valence-corrected chi connectivity index (χ0v) is 9.81. The van der Waals surface area contributed by atoms with Gasteiger partial charge in [0, 0.05) is 22.4 Å². The Balaban J connectivity index is 2.59. The van der Waals surface area contributed by atoms with E-state index in [1.165, 1.54) is 0 Å². The van der Waals surface area contributed by atoms with Crippen LogP contribution >= 0.6 is 15.9 Å². The van der Waals surface area contributed by atoms with E-state index in [1.54, 1.807) is 24.5 Å². The molecule has 0 bridgehead atoms. The summed E-state index contributed by atoms with van der Waals surface area (Å²) in [5, 5.41) is 8.99. The van der Waals surface area contributed by atoms with Crippen molar-refractivity contribution in [2.45, 2.75) is 0 Å². The standard InChI is InChI=1S/C12H8BrNO2/c13-11-9(8-3-2-6-14-7-8)4-1-5-10(11)12(15)16/h1-7H,(H,15,16). The van der Waals surface area contributed by atoms with Gasteiger partial charge in [0.25, 0.3) is 0 Å². The van der Waals surface area contributed by atoms with Gasteiger partial charge in [-0.2, -0.15) is 0 Å². The van der Waals surface area contributed by atoms with Crippen LogP contribution in [-0.4, -0.2) is 16.1 Å². The number of aromatic carboxylic acids is 1. The summed E-state index contributed by atoms with van der Waals surface area (Å²) in [6, 6.07) is 8.84. The molecule has 2 rings (SSSR count). The van der Waals surface area contributed by atoms with Gasteiger partial charge in [0.1, 0.15) is 0 Å². The first-order valence-electron chi connectivity index (χ1n) is 4.62. The van der Waals surface area contributed by atoms with Crippen LogP contribution in [0.2, 0.25) is 0 Å². The number of benzene rings is 1. The highest BCUT2D eigenvalue weighted by atomic mass is 79.9. The molecule has 0 fully saturated rings. The number of halogens is 1. The van der Waals surface area contributed by atoms with Gasteiger partial charge in [0.15, 0.2) is 0 Å². The molecule has 0 saturated carbocycles. The van der Waals surface area contributed by atoms with Gasteiger partial charge in [0.2, 0.25) is 0 Å². The Morgan fingerprint density at radius 1 is 1.25 bits per heavy atom. The second-order valence-electron chi connectivity index (χ2n) is 3.21. The normalized spacial score (nSPS) is 10.1. The maximum absolute atomic E-state index is 11.0. The van der Waals surface area contributed by atoms with Crippen molar-refractivity contribution in [3.8, 4) is 11.1 Å². The number of aromatic nitrogens is 1. The fourth-order valence-corrected chi connectivity index (χ4v) is 2.11. The molecule has 1 N–H and O–H groups in total. The van der Waals surface area contributed by atoms with Crippen LogP contribution in [0.25, 0.3) is 11.1 Å². The van der Waals surface area contributed by atoms with E-state index in [-0.39, 0.29) is 5.56 Å². The summed E-state index contributed by atoms with van der Waals surface area (Å²) in [6.07, 6.45) is 3.38. The molecule has 0 aliphatic carbocycles. The molecule has 0 atom stereocenters. The third kappa shape index (κ3) is 1.97. The molecule has 80 valence electrons. The Morgan fingerprint density at radius 3 is 2.69 bits per heavy atom. The van der Waals surface area contributed by atoms with Crippen molar-refractivity contribution in [1.82, 2.24) is 4.98 Å². The first-order valence-corrected chi connectivity index (χ1v) is 5.41. The zero-order chi connectivity index (χ0) is 11.5. The highest BCUT2D eigenvalue weighted by molar-refractivity contribution is 9.10. The molecule has 0 amide bonds. The first kappa shape index (κ1) is 10.8. The summed E-state index contributed by atoms with van der Waals surface area (Å²) in [4.78, 5) is 15.0. The SMILES string of the molecule is O=C(O)c1cccc(-c2cccnc2)c1Br. The van der Waals surface area contributed by atoms with Crippen molar-refractivity contribution in [1.29, 1.82) is 0 Å². The van der Waals surface area contributed by atoms with Gasteiger partial charge in [-0.05, 0) is 33.6 Å². The molecule has 1 aromatic heterocycles. The lowest BCUT2D eigenvalue weighted by Crippen LogP contribution is -1.98. The summed E-state index contributed by atoms with van der Waals surface area (Å²) < 4.78 is 0.579. The van der Waals surface area contributed by atoms with Crippen LogP contribution in [0.4, 0.5) is 0 Å². The van der Waals surface area contributed by atoms with Crippen LogP contribution in [0, 0.1) is 0 Å². The summed E-state index contributed by atoms with van der Waals surface area (Å²) >= 11 is 3.31. The average molecular weight is 278 g/mol. The molecule has 0 radical (unpaired) electrons. The van der Waals surface area contributed by atoms with Crippen molar-refractivity contribution in [2.24, 2.45) is 0 Å². The average Bonchev–Trinajstić information content (AvgIpc) is 2.30. The topological polar surface area (TPSA) is 50.2 Å². The molecular formula is C12H8BrNO2. The summed E-state index contributed by atoms with van der Waals surface area (Å²) in [5.74, 6) is -0.947. The van der Waals surface area contributed by atoms with E-state index in [4.69, 9.17) is 5.11 Å². The van der Waals surface area contributed by atoms with Gasteiger partial charge in [0.05, 0.1) is 5.56 Å². The van der Waals surface area contributed by atoms with Gasteiger partial charge >= 0.3 is 5.97 Å². The van der Waals surface area contributed by atoms with E-state index in [1.807, 2.05) is 18.2 Å². The number of carboxylic acids is 1. The van der Waals surface area contributed by atoms with E-state index in [9.17, 15) is 4.79 Å². The van der Waals surface area contributed by atoms with E-state index in [0.29, 0.717) is 4.47 Å². The van der Waals surface area contributed by atoms with Crippen LogP contribution in [-0.2, 0) is 0 Å². The minimum Gasteiger partial charge on any atom is -0.478 e. The predicted octanol–water partition coefficient (Wildman–Crippen LogP) is 3.21. The number of carbonyl (C=O) groups is 1. The monoisotopic (exact) mass is 277 g/mol. The van der Waals surface area contributed by atoms with Crippen LogP contribution < -0.4 is 0 Å². The third-order valence-electron chi connectivity index (χ3n) is 2.20. The number of hydrogen-bond acceptors (Lipinski definition) is 2. The maximum atomic E-state index is 11.0. The highest BCUT2D eigenvalue weighted by Gasteiger charge is 2.12. The van der Waals surface area contributed by atoms with Crippen molar-refractivity contribution in [3.05, 3.63) is 52.8 Å². The van der Waals surface area contributed by atoms with Crippen LogP contribution in [0.15, 0.2) is 47.2 Å². The molecule has 1 aromatic carbocycles. The molecule has 4 heteroatoms. The minimum absolute atomic E-state index is 0.251. The zero-order valence-electron chi connectivity index (χ0n) is 8.22. The number of nitrogens with zero attached hydrogens (tertiary/aromatic N) is 1. The van der Waals surface area contributed by atoms with E-state index in [0.717, 1.165) is 11.1 Å². The quantitative estimate of drug-likeness (QED) is 0.917. The summed E-state index contributed by atoms with van der Waals surface area (Å²) in [7, 11) is 0. The molecule has 2 aromatic rings. The fourth-order valence-electron chi connectivity index (χ4n) is 1.44. The Hall–Kier alpha value is -1.68. The molecular weight excluding hydrogens is 270 g/mol. The van der Waals surface area contributed by atoms with Crippen LogP contribution in [0.1, 0.15) is 10.4 Å². The number of pyridine rings is 1. The molecule has 1 heterocycles. The summed E-state index contributed by atoms with van der Waals surface area (Å²) in [6.45, 7) is 0. The Labute approximate surface area is 101 Å². The Morgan fingerprint density at radius 2 is 2.06 bits per heavy atom. The number of hydrogen-bond donors (Lipinski definition) is 1. The molecule has 0 aliphatic heterocycles. The number of rotatable bonds is 2. The number of carboxylic acid groups (broad SMARTS) is 1. The lowest BCUT2D eigenvalue weighted by Gasteiger charge is -2.06. The van der Waals surface area contributed by atoms with Crippen LogP contribution in [0.5, 0.6) is 0 Å². The van der Waals surface area contributed by atoms with Crippen molar-refractivity contribution < 1.29 is 9.90 Å². The van der Waals surface area contributed by atoms with Gasteiger partial charge in [-0.1, -0.05) is 18.2 Å². The van der Waals surface area contributed by atoms with Crippen LogP contribution in [0.3, 0.4) is 0 Å².